The lowest BCUT2D eigenvalue weighted by atomic mass is 10.1. The number of H-pyrrole nitrogens is 1. The predicted octanol–water partition coefficient (Wildman–Crippen LogP) is 2.00. The highest BCUT2D eigenvalue weighted by molar-refractivity contribution is 5.83. The molecule has 1 aliphatic heterocycles. The predicted molar refractivity (Wildman–Crippen MR) is 73.9 cm³/mol. The Labute approximate surface area is 116 Å². The smallest absolute Gasteiger partial charge is 0.225 e. The molecule has 1 fully saturated rings. The second kappa shape index (κ2) is 5.63. The highest BCUT2D eigenvalue weighted by atomic mass is 19.1. The number of carbonyl (C=O) groups is 1. The van der Waals surface area contributed by atoms with Crippen LogP contribution >= 0.6 is 0 Å². The van der Waals surface area contributed by atoms with Crippen LogP contribution in [-0.2, 0) is 16.0 Å². The van der Waals surface area contributed by atoms with Gasteiger partial charge in [0.05, 0.1) is 12.5 Å². The van der Waals surface area contributed by atoms with Crippen LogP contribution in [0.3, 0.4) is 0 Å². The van der Waals surface area contributed by atoms with Crippen LogP contribution in [0.25, 0.3) is 10.9 Å². The third-order valence-corrected chi connectivity index (χ3v) is 3.72. The molecule has 0 radical (unpaired) electrons. The summed E-state index contributed by atoms with van der Waals surface area (Å²) in [5.41, 5.74) is 1.87. The van der Waals surface area contributed by atoms with E-state index in [4.69, 9.17) is 4.74 Å². The summed E-state index contributed by atoms with van der Waals surface area (Å²) in [6.07, 6.45) is 3.40. The molecule has 1 aromatic carbocycles. The number of nitrogens with one attached hydrogen (secondary N) is 2. The summed E-state index contributed by atoms with van der Waals surface area (Å²) in [6, 6.07) is 4.70. The van der Waals surface area contributed by atoms with E-state index in [9.17, 15) is 9.18 Å². The molecule has 2 N–H and O–H groups in total. The van der Waals surface area contributed by atoms with Gasteiger partial charge in [0.15, 0.2) is 0 Å². The van der Waals surface area contributed by atoms with Crippen LogP contribution in [0.5, 0.6) is 0 Å². The van der Waals surface area contributed by atoms with E-state index in [1.54, 1.807) is 6.07 Å². The lowest BCUT2D eigenvalue weighted by molar-refractivity contribution is -0.124. The van der Waals surface area contributed by atoms with Gasteiger partial charge in [-0.15, -0.1) is 0 Å². The normalized spacial score (nSPS) is 18.6. The lowest BCUT2D eigenvalue weighted by Gasteiger charge is -2.08. The molecule has 1 aromatic heterocycles. The Hall–Kier alpha value is -1.88. The van der Waals surface area contributed by atoms with Gasteiger partial charge >= 0.3 is 0 Å². The number of rotatable bonds is 4. The fourth-order valence-corrected chi connectivity index (χ4v) is 2.57. The molecule has 1 amide bonds. The maximum atomic E-state index is 13.1. The molecule has 2 aromatic rings. The number of aromatic nitrogens is 1. The summed E-state index contributed by atoms with van der Waals surface area (Å²) >= 11 is 0. The van der Waals surface area contributed by atoms with E-state index in [1.807, 2.05) is 6.20 Å². The number of fused-ring (bicyclic) bond motifs is 1. The van der Waals surface area contributed by atoms with E-state index in [2.05, 4.69) is 10.3 Å². The zero-order valence-electron chi connectivity index (χ0n) is 11.1. The first-order valence-corrected chi connectivity index (χ1v) is 6.85. The van der Waals surface area contributed by atoms with Crippen LogP contribution < -0.4 is 5.32 Å². The van der Waals surface area contributed by atoms with E-state index in [0.717, 1.165) is 29.3 Å². The van der Waals surface area contributed by atoms with Crippen molar-refractivity contribution in [2.24, 2.45) is 5.92 Å². The molecule has 1 aliphatic rings. The lowest BCUT2D eigenvalue weighted by Crippen LogP contribution is -2.32. The topological polar surface area (TPSA) is 54.1 Å². The summed E-state index contributed by atoms with van der Waals surface area (Å²) < 4.78 is 18.3. The average Bonchev–Trinajstić information content (AvgIpc) is 3.08. The Morgan fingerprint density at radius 1 is 1.50 bits per heavy atom. The standard InChI is InChI=1S/C15H17FN2O2/c16-12-1-2-13-10(8-18-14(13)7-12)3-5-17-15(19)11-4-6-20-9-11/h1-2,7-8,11,18H,3-6,9H2,(H,17,19)/t11-/m1/s1. The Bertz CT molecular complexity index is 617. The summed E-state index contributed by atoms with van der Waals surface area (Å²) in [5, 5.41) is 3.94. The zero-order chi connectivity index (χ0) is 13.9. The van der Waals surface area contributed by atoms with Gasteiger partial charge in [0.1, 0.15) is 5.82 Å². The summed E-state index contributed by atoms with van der Waals surface area (Å²) in [4.78, 5) is 14.9. The van der Waals surface area contributed by atoms with Crippen molar-refractivity contribution >= 4 is 16.8 Å². The molecule has 20 heavy (non-hydrogen) atoms. The molecule has 2 heterocycles. The second-order valence-electron chi connectivity index (χ2n) is 5.11. The average molecular weight is 276 g/mol. The molecule has 4 nitrogen and oxygen atoms in total. The van der Waals surface area contributed by atoms with E-state index >= 15 is 0 Å². The van der Waals surface area contributed by atoms with Crippen molar-refractivity contribution in [2.45, 2.75) is 12.8 Å². The van der Waals surface area contributed by atoms with E-state index in [1.165, 1.54) is 12.1 Å². The highest BCUT2D eigenvalue weighted by Crippen LogP contribution is 2.19. The molecule has 0 saturated carbocycles. The van der Waals surface area contributed by atoms with Crippen LogP contribution in [0.1, 0.15) is 12.0 Å². The number of hydrogen-bond donors (Lipinski definition) is 2. The first kappa shape index (κ1) is 13.1. The highest BCUT2D eigenvalue weighted by Gasteiger charge is 2.22. The fraction of sp³-hybridized carbons (Fsp3) is 0.400. The molecule has 0 unspecified atom stereocenters. The van der Waals surface area contributed by atoms with Crippen LogP contribution in [0.15, 0.2) is 24.4 Å². The van der Waals surface area contributed by atoms with Gasteiger partial charge in [-0.3, -0.25) is 4.79 Å². The van der Waals surface area contributed by atoms with Crippen LogP contribution in [0.2, 0.25) is 0 Å². The van der Waals surface area contributed by atoms with Crippen molar-refractivity contribution in [3.05, 3.63) is 35.8 Å². The summed E-state index contributed by atoms with van der Waals surface area (Å²) in [6.45, 7) is 1.78. The van der Waals surface area contributed by atoms with Crippen molar-refractivity contribution in [2.75, 3.05) is 19.8 Å². The molecule has 0 aliphatic carbocycles. The molecule has 5 heteroatoms. The van der Waals surface area contributed by atoms with Crippen molar-refractivity contribution < 1.29 is 13.9 Å². The molecule has 0 bridgehead atoms. The van der Waals surface area contributed by atoms with E-state index in [-0.39, 0.29) is 17.6 Å². The molecular weight excluding hydrogens is 259 g/mol. The third-order valence-electron chi connectivity index (χ3n) is 3.72. The number of ether oxygens (including phenoxy) is 1. The maximum absolute atomic E-state index is 13.1. The van der Waals surface area contributed by atoms with Gasteiger partial charge in [0.2, 0.25) is 5.91 Å². The van der Waals surface area contributed by atoms with Crippen molar-refractivity contribution in [3.8, 4) is 0 Å². The molecule has 3 rings (SSSR count). The molecular formula is C15H17FN2O2. The fourth-order valence-electron chi connectivity index (χ4n) is 2.57. The second-order valence-corrected chi connectivity index (χ2v) is 5.11. The first-order valence-electron chi connectivity index (χ1n) is 6.85. The van der Waals surface area contributed by atoms with E-state index < -0.39 is 0 Å². The number of aromatic amines is 1. The number of halogens is 1. The van der Waals surface area contributed by atoms with Crippen molar-refractivity contribution in [1.82, 2.24) is 10.3 Å². The van der Waals surface area contributed by atoms with Crippen LogP contribution in [-0.4, -0.2) is 30.6 Å². The maximum Gasteiger partial charge on any atom is 0.225 e. The number of carbonyl (C=O) groups excluding carboxylic acids is 1. The van der Waals surface area contributed by atoms with Gasteiger partial charge in [-0.2, -0.15) is 0 Å². The Morgan fingerprint density at radius 3 is 3.20 bits per heavy atom. The van der Waals surface area contributed by atoms with Crippen molar-refractivity contribution in [3.63, 3.8) is 0 Å². The zero-order valence-corrected chi connectivity index (χ0v) is 11.1. The SMILES string of the molecule is O=C(NCCc1c[nH]c2cc(F)ccc12)[C@@H]1CCOC1. The van der Waals surface area contributed by atoms with E-state index in [0.29, 0.717) is 19.8 Å². The Balaban J connectivity index is 1.58. The Morgan fingerprint density at radius 2 is 2.40 bits per heavy atom. The van der Waals surface area contributed by atoms with Gasteiger partial charge in [0, 0.05) is 30.3 Å². The van der Waals surface area contributed by atoms with Crippen molar-refractivity contribution in [1.29, 1.82) is 0 Å². The summed E-state index contributed by atoms with van der Waals surface area (Å²) in [7, 11) is 0. The first-order chi connectivity index (χ1) is 9.74. The molecule has 0 spiro atoms. The quantitative estimate of drug-likeness (QED) is 0.897. The van der Waals surface area contributed by atoms with Crippen LogP contribution in [0, 0.1) is 11.7 Å². The number of amides is 1. The molecule has 1 atom stereocenters. The molecule has 106 valence electrons. The van der Waals surface area contributed by atoms with Gasteiger partial charge in [0.25, 0.3) is 0 Å². The number of benzene rings is 1. The monoisotopic (exact) mass is 276 g/mol. The Kier molecular flexibility index (Phi) is 3.69. The minimum Gasteiger partial charge on any atom is -0.381 e. The third kappa shape index (κ3) is 2.67. The minimum atomic E-state index is -0.250. The van der Waals surface area contributed by atoms with Gasteiger partial charge in [-0.1, -0.05) is 0 Å². The number of hydrogen-bond acceptors (Lipinski definition) is 2. The van der Waals surface area contributed by atoms with Gasteiger partial charge in [-0.05, 0) is 36.6 Å². The minimum absolute atomic E-state index is 0.00735. The molecule has 1 saturated heterocycles. The van der Waals surface area contributed by atoms with Crippen LogP contribution in [0.4, 0.5) is 4.39 Å². The van der Waals surface area contributed by atoms with Gasteiger partial charge < -0.3 is 15.0 Å². The van der Waals surface area contributed by atoms with Gasteiger partial charge in [-0.25, -0.2) is 4.39 Å². The largest absolute Gasteiger partial charge is 0.381 e. The summed E-state index contributed by atoms with van der Waals surface area (Å²) in [5.74, 6) is -0.194.